The van der Waals surface area contributed by atoms with E-state index in [0.29, 0.717) is 4.83 Å². The minimum atomic E-state index is 0.570. The van der Waals surface area contributed by atoms with Crippen LogP contribution in [0.4, 0.5) is 5.82 Å². The molecule has 2 aromatic rings. The topological polar surface area (TPSA) is 25.4 Å². The molecule has 94 valence electrons. The molecular formula is C14H15BrN2O. The van der Waals surface area contributed by atoms with Crippen LogP contribution in [0.25, 0.3) is 10.8 Å². The van der Waals surface area contributed by atoms with Gasteiger partial charge in [0.25, 0.3) is 0 Å². The summed E-state index contributed by atoms with van der Waals surface area (Å²) in [6.45, 7) is 2.07. The van der Waals surface area contributed by atoms with Gasteiger partial charge in [-0.2, -0.15) is 0 Å². The van der Waals surface area contributed by atoms with E-state index in [1.165, 1.54) is 17.2 Å². The van der Waals surface area contributed by atoms with E-state index in [4.69, 9.17) is 4.74 Å². The summed E-state index contributed by atoms with van der Waals surface area (Å²) in [4.78, 5) is 7.45. The van der Waals surface area contributed by atoms with Crippen LogP contribution in [-0.4, -0.2) is 30.0 Å². The molecule has 2 heterocycles. The van der Waals surface area contributed by atoms with Gasteiger partial charge in [-0.15, -0.1) is 0 Å². The van der Waals surface area contributed by atoms with Gasteiger partial charge in [0.15, 0.2) is 0 Å². The first-order chi connectivity index (χ1) is 8.78. The maximum Gasteiger partial charge on any atom is 0.136 e. The van der Waals surface area contributed by atoms with Crippen LogP contribution in [0.15, 0.2) is 30.5 Å². The summed E-state index contributed by atoms with van der Waals surface area (Å²) in [5.41, 5.74) is 0. The third kappa shape index (κ3) is 2.05. The van der Waals surface area contributed by atoms with E-state index in [2.05, 4.69) is 37.9 Å². The Balaban J connectivity index is 2.10. The van der Waals surface area contributed by atoms with Gasteiger partial charge in [-0.05, 0) is 30.0 Å². The predicted molar refractivity (Wildman–Crippen MR) is 77.8 cm³/mol. The van der Waals surface area contributed by atoms with Crippen molar-refractivity contribution in [1.82, 2.24) is 4.98 Å². The standard InChI is InChI=1S/C14H15BrN2O/c1-18-12-3-2-10-4-6-16-14(13(10)8-12)17-7-5-11(15)9-17/h2-4,6,8,11H,5,7,9H2,1H3. The largest absolute Gasteiger partial charge is 0.497 e. The third-order valence-corrected chi connectivity index (χ3v) is 4.13. The van der Waals surface area contributed by atoms with Gasteiger partial charge in [0.05, 0.1) is 7.11 Å². The lowest BCUT2D eigenvalue weighted by atomic mass is 10.1. The zero-order valence-corrected chi connectivity index (χ0v) is 11.9. The van der Waals surface area contributed by atoms with E-state index in [1.807, 2.05) is 18.3 Å². The molecule has 1 aromatic carbocycles. The number of methoxy groups -OCH3 is 1. The molecule has 0 N–H and O–H groups in total. The number of alkyl halides is 1. The number of anilines is 1. The molecule has 0 spiro atoms. The van der Waals surface area contributed by atoms with Crippen LogP contribution in [0.2, 0.25) is 0 Å². The maximum atomic E-state index is 5.31. The van der Waals surface area contributed by atoms with Gasteiger partial charge in [0, 0.05) is 29.5 Å². The molecule has 1 aliphatic heterocycles. The van der Waals surface area contributed by atoms with E-state index in [-0.39, 0.29) is 0 Å². The second kappa shape index (κ2) is 4.76. The first-order valence-electron chi connectivity index (χ1n) is 6.09. The van der Waals surface area contributed by atoms with E-state index in [1.54, 1.807) is 7.11 Å². The number of hydrogen-bond donors (Lipinski definition) is 0. The van der Waals surface area contributed by atoms with Gasteiger partial charge in [0.1, 0.15) is 11.6 Å². The fraction of sp³-hybridized carbons (Fsp3) is 0.357. The molecule has 1 aromatic heterocycles. The average molecular weight is 307 g/mol. The number of aromatic nitrogens is 1. The van der Waals surface area contributed by atoms with Gasteiger partial charge < -0.3 is 9.64 Å². The van der Waals surface area contributed by atoms with Gasteiger partial charge in [-0.3, -0.25) is 0 Å². The Hall–Kier alpha value is -1.29. The average Bonchev–Trinajstić information content (AvgIpc) is 2.84. The first-order valence-corrected chi connectivity index (χ1v) is 7.01. The number of pyridine rings is 1. The summed E-state index contributed by atoms with van der Waals surface area (Å²) in [5, 5.41) is 2.37. The molecule has 0 amide bonds. The molecular weight excluding hydrogens is 292 g/mol. The lowest BCUT2D eigenvalue weighted by molar-refractivity contribution is 0.415. The molecule has 3 nitrogen and oxygen atoms in total. The van der Waals surface area contributed by atoms with Crippen LogP contribution >= 0.6 is 15.9 Å². The van der Waals surface area contributed by atoms with Crippen molar-refractivity contribution >= 4 is 32.5 Å². The summed E-state index contributed by atoms with van der Waals surface area (Å²) in [6.07, 6.45) is 3.05. The highest BCUT2D eigenvalue weighted by molar-refractivity contribution is 9.09. The Kier molecular flexibility index (Phi) is 3.12. The molecule has 0 radical (unpaired) electrons. The minimum absolute atomic E-state index is 0.570. The SMILES string of the molecule is COc1ccc2ccnc(N3CCC(Br)C3)c2c1. The highest BCUT2D eigenvalue weighted by Gasteiger charge is 2.22. The van der Waals surface area contributed by atoms with Crippen molar-refractivity contribution < 1.29 is 4.74 Å². The monoisotopic (exact) mass is 306 g/mol. The molecule has 1 aliphatic rings. The van der Waals surface area contributed by atoms with Crippen LogP contribution in [-0.2, 0) is 0 Å². The summed E-state index contributed by atoms with van der Waals surface area (Å²) < 4.78 is 5.31. The number of benzene rings is 1. The Labute approximate surface area is 115 Å². The second-order valence-electron chi connectivity index (χ2n) is 4.55. The van der Waals surface area contributed by atoms with E-state index < -0.39 is 0 Å². The van der Waals surface area contributed by atoms with Crippen LogP contribution < -0.4 is 9.64 Å². The molecule has 1 unspecified atom stereocenters. The van der Waals surface area contributed by atoms with Crippen LogP contribution in [0, 0.1) is 0 Å². The highest BCUT2D eigenvalue weighted by Crippen LogP contribution is 2.31. The minimum Gasteiger partial charge on any atom is -0.497 e. The number of rotatable bonds is 2. The molecule has 3 rings (SSSR count). The number of hydrogen-bond acceptors (Lipinski definition) is 3. The summed E-state index contributed by atoms with van der Waals surface area (Å²) >= 11 is 3.67. The van der Waals surface area contributed by atoms with Crippen molar-refractivity contribution in [3.63, 3.8) is 0 Å². The lowest BCUT2D eigenvalue weighted by Gasteiger charge is -2.18. The fourth-order valence-corrected chi connectivity index (χ4v) is 2.98. The summed E-state index contributed by atoms with van der Waals surface area (Å²) in [5.74, 6) is 1.94. The molecule has 1 saturated heterocycles. The number of nitrogens with zero attached hydrogens (tertiary/aromatic N) is 2. The fourth-order valence-electron chi connectivity index (χ4n) is 2.42. The number of fused-ring (bicyclic) bond motifs is 1. The highest BCUT2D eigenvalue weighted by atomic mass is 79.9. The number of ether oxygens (including phenoxy) is 1. The quantitative estimate of drug-likeness (QED) is 0.797. The molecule has 0 saturated carbocycles. The number of halogens is 1. The molecule has 1 fully saturated rings. The van der Waals surface area contributed by atoms with Gasteiger partial charge >= 0.3 is 0 Å². The zero-order chi connectivity index (χ0) is 12.5. The van der Waals surface area contributed by atoms with Gasteiger partial charge in [0.2, 0.25) is 0 Å². The predicted octanol–water partition coefficient (Wildman–Crippen LogP) is 3.22. The maximum absolute atomic E-state index is 5.31. The molecule has 4 heteroatoms. The molecule has 0 bridgehead atoms. The first kappa shape index (κ1) is 11.8. The normalized spacial score (nSPS) is 19.4. The summed E-state index contributed by atoms with van der Waals surface area (Å²) in [6, 6.07) is 8.18. The second-order valence-corrected chi connectivity index (χ2v) is 5.85. The van der Waals surface area contributed by atoms with E-state index in [0.717, 1.165) is 24.7 Å². The van der Waals surface area contributed by atoms with Crippen LogP contribution in [0.5, 0.6) is 5.75 Å². The lowest BCUT2D eigenvalue weighted by Crippen LogP contribution is -2.20. The van der Waals surface area contributed by atoms with Gasteiger partial charge in [-0.1, -0.05) is 22.0 Å². The van der Waals surface area contributed by atoms with E-state index in [9.17, 15) is 0 Å². The smallest absolute Gasteiger partial charge is 0.136 e. The Bertz CT molecular complexity index is 573. The van der Waals surface area contributed by atoms with Crippen LogP contribution in [0.3, 0.4) is 0 Å². The van der Waals surface area contributed by atoms with E-state index >= 15 is 0 Å². The van der Waals surface area contributed by atoms with Gasteiger partial charge in [-0.25, -0.2) is 4.98 Å². The third-order valence-electron chi connectivity index (χ3n) is 3.38. The molecule has 0 aliphatic carbocycles. The van der Waals surface area contributed by atoms with Crippen molar-refractivity contribution in [2.45, 2.75) is 11.2 Å². The van der Waals surface area contributed by atoms with Crippen LogP contribution in [0.1, 0.15) is 6.42 Å². The van der Waals surface area contributed by atoms with Crippen molar-refractivity contribution in [3.8, 4) is 5.75 Å². The Morgan fingerprint density at radius 2 is 2.28 bits per heavy atom. The van der Waals surface area contributed by atoms with Crippen molar-refractivity contribution in [2.75, 3.05) is 25.1 Å². The van der Waals surface area contributed by atoms with Crippen molar-refractivity contribution in [1.29, 1.82) is 0 Å². The zero-order valence-electron chi connectivity index (χ0n) is 10.3. The Morgan fingerprint density at radius 3 is 3.00 bits per heavy atom. The Morgan fingerprint density at radius 1 is 1.39 bits per heavy atom. The molecule has 18 heavy (non-hydrogen) atoms. The van der Waals surface area contributed by atoms with Crippen molar-refractivity contribution in [3.05, 3.63) is 30.5 Å². The molecule has 1 atom stereocenters. The van der Waals surface area contributed by atoms with Crippen molar-refractivity contribution in [2.24, 2.45) is 0 Å². The summed E-state index contributed by atoms with van der Waals surface area (Å²) in [7, 11) is 1.70.